The van der Waals surface area contributed by atoms with Crippen LogP contribution >= 0.6 is 11.3 Å². The van der Waals surface area contributed by atoms with Gasteiger partial charge in [0.05, 0.1) is 16.1 Å². The van der Waals surface area contributed by atoms with Gasteiger partial charge < -0.3 is 15.1 Å². The number of carbonyl (C=O) groups is 3. The number of aryl methyl sites for hydroxylation is 2. The van der Waals surface area contributed by atoms with Crippen molar-refractivity contribution in [1.29, 1.82) is 0 Å². The van der Waals surface area contributed by atoms with Crippen molar-refractivity contribution in [3.8, 4) is 10.4 Å². The Labute approximate surface area is 227 Å². The van der Waals surface area contributed by atoms with E-state index in [9.17, 15) is 14.4 Å². The molecule has 2 aliphatic heterocycles. The van der Waals surface area contributed by atoms with E-state index < -0.39 is 12.1 Å². The zero-order valence-electron chi connectivity index (χ0n) is 22.4. The van der Waals surface area contributed by atoms with Gasteiger partial charge in [0.2, 0.25) is 11.8 Å². The van der Waals surface area contributed by atoms with E-state index >= 15 is 0 Å². The molecule has 198 valence electrons. The number of rotatable bonds is 7. The van der Waals surface area contributed by atoms with E-state index in [0.717, 1.165) is 39.2 Å². The second-order valence-electron chi connectivity index (χ2n) is 10.6. The molecule has 0 aliphatic carbocycles. The molecule has 0 radical (unpaired) electrons. The van der Waals surface area contributed by atoms with E-state index in [1.807, 2.05) is 56.6 Å². The summed E-state index contributed by atoms with van der Waals surface area (Å²) >= 11 is 1.63. The molecule has 0 bridgehead atoms. The van der Waals surface area contributed by atoms with Gasteiger partial charge in [-0.1, -0.05) is 50.2 Å². The molecule has 5 rings (SSSR count). The second kappa shape index (κ2) is 10.7. The van der Waals surface area contributed by atoms with Gasteiger partial charge in [-0.25, -0.2) is 4.98 Å². The summed E-state index contributed by atoms with van der Waals surface area (Å²) < 4.78 is 0. The molecule has 2 aromatic carbocycles. The third-order valence-electron chi connectivity index (χ3n) is 7.66. The number of nitrogens with zero attached hydrogens (tertiary/aromatic N) is 3. The van der Waals surface area contributed by atoms with Gasteiger partial charge in [-0.2, -0.15) is 0 Å². The molecule has 1 N–H and O–H groups in total. The van der Waals surface area contributed by atoms with Gasteiger partial charge in [0.15, 0.2) is 0 Å². The summed E-state index contributed by atoms with van der Waals surface area (Å²) in [6, 6.07) is 12.6. The van der Waals surface area contributed by atoms with Crippen molar-refractivity contribution < 1.29 is 14.4 Å². The van der Waals surface area contributed by atoms with Crippen molar-refractivity contribution in [2.24, 2.45) is 5.92 Å². The summed E-state index contributed by atoms with van der Waals surface area (Å²) in [6.45, 7) is 9.35. The third kappa shape index (κ3) is 4.85. The summed E-state index contributed by atoms with van der Waals surface area (Å²) in [5.74, 6) is -0.470. The number of amides is 3. The Balaban J connectivity index is 1.26. The lowest BCUT2D eigenvalue weighted by atomic mass is 10.00. The first-order chi connectivity index (χ1) is 18.3. The minimum Gasteiger partial charge on any atom is -0.350 e. The lowest BCUT2D eigenvalue weighted by Crippen LogP contribution is -2.55. The molecule has 1 unspecified atom stereocenters. The molecule has 3 amide bonds. The normalized spacial score (nSPS) is 17.7. The molecule has 8 heteroatoms. The smallest absolute Gasteiger partial charge is 0.255 e. The summed E-state index contributed by atoms with van der Waals surface area (Å²) in [5, 5.41) is 3.06. The van der Waals surface area contributed by atoms with E-state index in [2.05, 4.69) is 29.4 Å². The fraction of sp³-hybridized carbons (Fsp3) is 0.400. The van der Waals surface area contributed by atoms with Gasteiger partial charge in [0.25, 0.3) is 5.91 Å². The maximum Gasteiger partial charge on any atom is 0.255 e. The number of aromatic nitrogens is 1. The van der Waals surface area contributed by atoms with Gasteiger partial charge >= 0.3 is 0 Å². The van der Waals surface area contributed by atoms with E-state index in [4.69, 9.17) is 0 Å². The molecular formula is C30H34N4O3S. The van der Waals surface area contributed by atoms with Crippen LogP contribution in [0.25, 0.3) is 10.4 Å². The van der Waals surface area contributed by atoms with E-state index in [0.29, 0.717) is 31.6 Å². The first-order valence-electron chi connectivity index (χ1n) is 13.2. The van der Waals surface area contributed by atoms with Crippen LogP contribution in [-0.2, 0) is 22.7 Å². The zero-order valence-corrected chi connectivity index (χ0v) is 23.2. The van der Waals surface area contributed by atoms with E-state index in [1.165, 1.54) is 0 Å². The minimum atomic E-state index is -0.603. The van der Waals surface area contributed by atoms with E-state index in [1.54, 1.807) is 21.1 Å². The molecule has 0 spiro atoms. The molecule has 2 aliphatic rings. The van der Waals surface area contributed by atoms with Crippen molar-refractivity contribution in [1.82, 2.24) is 20.1 Å². The maximum absolute atomic E-state index is 13.8. The highest BCUT2D eigenvalue weighted by molar-refractivity contribution is 7.13. The van der Waals surface area contributed by atoms with Crippen LogP contribution in [0.3, 0.4) is 0 Å². The fourth-order valence-electron chi connectivity index (χ4n) is 5.71. The van der Waals surface area contributed by atoms with Crippen molar-refractivity contribution in [3.63, 3.8) is 0 Å². The first-order valence-corrected chi connectivity index (χ1v) is 14.1. The monoisotopic (exact) mass is 530 g/mol. The Hall–Kier alpha value is -3.52. The quantitative estimate of drug-likeness (QED) is 0.480. The van der Waals surface area contributed by atoms with Gasteiger partial charge in [0, 0.05) is 25.2 Å². The fourth-order valence-corrected chi connectivity index (χ4v) is 6.61. The number of fused-ring (bicyclic) bond motifs is 1. The Morgan fingerprint density at radius 1 is 1.13 bits per heavy atom. The largest absolute Gasteiger partial charge is 0.350 e. The number of hydrogen-bond acceptors (Lipinski definition) is 5. The van der Waals surface area contributed by atoms with Crippen LogP contribution in [0.1, 0.15) is 59.4 Å². The lowest BCUT2D eigenvalue weighted by molar-refractivity contribution is -0.143. The minimum absolute atomic E-state index is 0.0752. The molecule has 3 aromatic rings. The maximum atomic E-state index is 13.8. The third-order valence-corrected chi connectivity index (χ3v) is 8.62. The Morgan fingerprint density at radius 2 is 1.92 bits per heavy atom. The topological polar surface area (TPSA) is 82.6 Å². The molecule has 1 saturated heterocycles. The molecule has 38 heavy (non-hydrogen) atoms. The van der Waals surface area contributed by atoms with Crippen LogP contribution in [0.15, 0.2) is 48.0 Å². The van der Waals surface area contributed by atoms with Gasteiger partial charge in [-0.05, 0) is 60.9 Å². The Bertz CT molecular complexity index is 1380. The van der Waals surface area contributed by atoms with Crippen LogP contribution in [0, 0.1) is 19.8 Å². The van der Waals surface area contributed by atoms with Crippen molar-refractivity contribution in [2.75, 3.05) is 6.54 Å². The molecule has 7 nitrogen and oxygen atoms in total. The zero-order chi connectivity index (χ0) is 27.0. The Morgan fingerprint density at radius 3 is 2.61 bits per heavy atom. The van der Waals surface area contributed by atoms with Crippen molar-refractivity contribution in [3.05, 3.63) is 75.9 Å². The molecule has 1 aromatic heterocycles. The standard InChI is InChI=1S/C30H34N4O3S/c1-18(2)26(34-16-22-8-5-6-9-24(22)29(34)36)30(37)33-13-7-10-25(33)28(35)31-15-21-11-12-23(19(3)14-21)27-20(4)32-17-38-27/h5-6,8-9,11-12,14,17-18,25-26H,7,10,13,15-16H2,1-4H3,(H,31,35)/t25-,26?/m0/s1. The van der Waals surface area contributed by atoms with Crippen LogP contribution in [0.2, 0.25) is 0 Å². The van der Waals surface area contributed by atoms with Gasteiger partial charge in [0.1, 0.15) is 12.1 Å². The lowest BCUT2D eigenvalue weighted by Gasteiger charge is -2.35. The molecule has 3 heterocycles. The predicted octanol–water partition coefficient (Wildman–Crippen LogP) is 4.71. The Kier molecular flexibility index (Phi) is 7.34. The summed E-state index contributed by atoms with van der Waals surface area (Å²) in [5.41, 5.74) is 7.79. The number of benzene rings is 2. The van der Waals surface area contributed by atoms with Crippen molar-refractivity contribution in [2.45, 2.75) is 65.7 Å². The predicted molar refractivity (Wildman–Crippen MR) is 149 cm³/mol. The average molecular weight is 531 g/mol. The highest BCUT2D eigenvalue weighted by atomic mass is 32.1. The van der Waals surface area contributed by atoms with Gasteiger partial charge in [-0.3, -0.25) is 14.4 Å². The summed E-state index contributed by atoms with van der Waals surface area (Å²) in [4.78, 5) is 49.2. The average Bonchev–Trinajstić information content (AvgIpc) is 3.62. The van der Waals surface area contributed by atoms with Crippen molar-refractivity contribution >= 4 is 29.1 Å². The summed E-state index contributed by atoms with van der Waals surface area (Å²) in [7, 11) is 0. The second-order valence-corrected chi connectivity index (χ2v) is 11.5. The first kappa shape index (κ1) is 26.1. The van der Waals surface area contributed by atoms with Crippen LogP contribution < -0.4 is 5.32 Å². The number of nitrogens with one attached hydrogen (secondary N) is 1. The SMILES string of the molecule is Cc1cc(CNC(=O)[C@@H]2CCCN2C(=O)C(C(C)C)N2Cc3ccccc3C2=O)ccc1-c1scnc1C. The van der Waals surface area contributed by atoms with E-state index in [-0.39, 0.29) is 23.6 Å². The molecule has 2 atom stereocenters. The van der Waals surface area contributed by atoms with Crippen LogP contribution in [0.5, 0.6) is 0 Å². The van der Waals surface area contributed by atoms with Crippen LogP contribution in [-0.4, -0.2) is 51.1 Å². The molecule has 0 saturated carbocycles. The summed E-state index contributed by atoms with van der Waals surface area (Å²) in [6.07, 6.45) is 1.39. The van der Waals surface area contributed by atoms with Crippen LogP contribution in [0.4, 0.5) is 0 Å². The van der Waals surface area contributed by atoms with Gasteiger partial charge in [-0.15, -0.1) is 11.3 Å². The number of hydrogen-bond donors (Lipinski definition) is 1. The molecular weight excluding hydrogens is 496 g/mol. The number of carbonyl (C=O) groups excluding carboxylic acids is 3. The highest BCUT2D eigenvalue weighted by Gasteiger charge is 2.43. The number of likely N-dealkylation sites (tertiary alicyclic amines) is 1. The highest BCUT2D eigenvalue weighted by Crippen LogP contribution is 2.31. The molecule has 1 fully saturated rings. The number of thiazole rings is 1.